The third kappa shape index (κ3) is 3.82. The summed E-state index contributed by atoms with van der Waals surface area (Å²) in [6, 6.07) is 5.60. The molecule has 0 aromatic heterocycles. The molecule has 0 saturated heterocycles. The summed E-state index contributed by atoms with van der Waals surface area (Å²) in [5.74, 6) is -0.0795. The van der Waals surface area contributed by atoms with Crippen molar-refractivity contribution < 1.29 is 9.90 Å². The fourth-order valence-corrected chi connectivity index (χ4v) is 2.02. The number of hydrogen-bond acceptors (Lipinski definition) is 2. The second-order valence-corrected chi connectivity index (χ2v) is 4.86. The van der Waals surface area contributed by atoms with Crippen LogP contribution in [0.5, 0.6) is 0 Å². The molecule has 0 aliphatic rings. The van der Waals surface area contributed by atoms with Crippen LogP contribution in [0.15, 0.2) is 22.7 Å². The lowest BCUT2D eigenvalue weighted by molar-refractivity contribution is 0.0928. The van der Waals surface area contributed by atoms with Gasteiger partial charge in [0.1, 0.15) is 0 Å². The van der Waals surface area contributed by atoms with Crippen molar-refractivity contribution in [1.29, 1.82) is 0 Å². The van der Waals surface area contributed by atoms with Gasteiger partial charge in [-0.25, -0.2) is 0 Å². The number of halogens is 1. The number of aliphatic hydroxyl groups excluding tert-OH is 1. The van der Waals surface area contributed by atoms with E-state index < -0.39 is 0 Å². The molecule has 1 rings (SSSR count). The largest absolute Gasteiger partial charge is 0.396 e. The van der Waals surface area contributed by atoms with E-state index in [-0.39, 0.29) is 18.6 Å². The minimum absolute atomic E-state index is 0.0332. The highest BCUT2D eigenvalue weighted by Gasteiger charge is 2.14. The molecule has 2 N–H and O–H groups in total. The van der Waals surface area contributed by atoms with Crippen LogP contribution in [0.4, 0.5) is 0 Å². The lowest BCUT2D eigenvalue weighted by Gasteiger charge is -2.16. The smallest absolute Gasteiger partial charge is 0.251 e. The topological polar surface area (TPSA) is 49.3 Å². The van der Waals surface area contributed by atoms with Crippen molar-refractivity contribution in [2.75, 3.05) is 6.61 Å². The minimum atomic E-state index is -0.0795. The monoisotopic (exact) mass is 299 g/mol. The van der Waals surface area contributed by atoms with Gasteiger partial charge in [0.2, 0.25) is 0 Å². The van der Waals surface area contributed by atoms with E-state index in [0.717, 1.165) is 16.5 Å². The van der Waals surface area contributed by atoms with E-state index in [1.165, 1.54) is 0 Å². The number of benzene rings is 1. The molecular weight excluding hydrogens is 282 g/mol. The van der Waals surface area contributed by atoms with Gasteiger partial charge in [0, 0.05) is 22.7 Å². The van der Waals surface area contributed by atoms with Gasteiger partial charge >= 0.3 is 0 Å². The fraction of sp³-hybridized carbons (Fsp3) is 0.462. The predicted molar refractivity (Wildman–Crippen MR) is 72.1 cm³/mol. The predicted octanol–water partition coefficient (Wildman–Crippen LogP) is 2.65. The Morgan fingerprint density at radius 1 is 1.53 bits per heavy atom. The van der Waals surface area contributed by atoms with Gasteiger partial charge in [-0.2, -0.15) is 0 Å². The summed E-state index contributed by atoms with van der Waals surface area (Å²) in [4.78, 5) is 12.0. The summed E-state index contributed by atoms with van der Waals surface area (Å²) in [5.41, 5.74) is 1.61. The van der Waals surface area contributed by atoms with E-state index in [1.807, 2.05) is 26.0 Å². The molecule has 4 heteroatoms. The summed E-state index contributed by atoms with van der Waals surface area (Å²) in [5, 5.41) is 11.8. The van der Waals surface area contributed by atoms with Crippen LogP contribution in [-0.4, -0.2) is 23.7 Å². The van der Waals surface area contributed by atoms with Crippen LogP contribution in [-0.2, 0) is 0 Å². The highest BCUT2D eigenvalue weighted by molar-refractivity contribution is 9.10. The van der Waals surface area contributed by atoms with Crippen molar-refractivity contribution in [3.63, 3.8) is 0 Å². The van der Waals surface area contributed by atoms with E-state index in [1.54, 1.807) is 6.07 Å². The molecule has 1 amide bonds. The molecule has 1 atom stereocenters. The van der Waals surface area contributed by atoms with E-state index in [0.29, 0.717) is 12.0 Å². The third-order valence-electron chi connectivity index (χ3n) is 2.82. The molecule has 1 aromatic carbocycles. The Hall–Kier alpha value is -0.870. The molecule has 0 aliphatic heterocycles. The molecule has 3 nitrogen and oxygen atoms in total. The van der Waals surface area contributed by atoms with Gasteiger partial charge in [-0.05, 0) is 37.5 Å². The Labute approximate surface area is 110 Å². The lowest BCUT2D eigenvalue weighted by Crippen LogP contribution is -2.35. The van der Waals surface area contributed by atoms with Crippen LogP contribution in [0.2, 0.25) is 0 Å². The van der Waals surface area contributed by atoms with Crippen molar-refractivity contribution in [2.45, 2.75) is 32.7 Å². The van der Waals surface area contributed by atoms with Crippen molar-refractivity contribution in [2.24, 2.45) is 0 Å². The number of aliphatic hydroxyl groups is 1. The first-order valence-electron chi connectivity index (χ1n) is 5.77. The molecule has 0 spiro atoms. The summed E-state index contributed by atoms with van der Waals surface area (Å²) < 4.78 is 0.931. The van der Waals surface area contributed by atoms with Crippen molar-refractivity contribution in [3.05, 3.63) is 33.8 Å². The molecule has 0 bridgehead atoms. The van der Waals surface area contributed by atoms with Crippen LogP contribution in [0.1, 0.15) is 35.7 Å². The first-order valence-corrected chi connectivity index (χ1v) is 6.56. The van der Waals surface area contributed by atoms with Gasteiger partial charge < -0.3 is 10.4 Å². The van der Waals surface area contributed by atoms with Crippen molar-refractivity contribution in [1.82, 2.24) is 5.32 Å². The number of nitrogens with one attached hydrogen (secondary N) is 1. The normalized spacial score (nSPS) is 12.2. The zero-order chi connectivity index (χ0) is 12.8. The van der Waals surface area contributed by atoms with Crippen molar-refractivity contribution >= 4 is 21.8 Å². The maximum atomic E-state index is 12.0. The third-order valence-corrected chi connectivity index (χ3v) is 3.68. The van der Waals surface area contributed by atoms with E-state index >= 15 is 0 Å². The summed E-state index contributed by atoms with van der Waals surface area (Å²) in [7, 11) is 0. The fourth-order valence-electron chi connectivity index (χ4n) is 1.65. The molecule has 0 radical (unpaired) electrons. The molecule has 17 heavy (non-hydrogen) atoms. The first-order chi connectivity index (χ1) is 8.10. The van der Waals surface area contributed by atoms with Crippen molar-refractivity contribution in [3.8, 4) is 0 Å². The highest BCUT2D eigenvalue weighted by Crippen LogP contribution is 2.19. The molecule has 0 saturated carbocycles. The number of carbonyl (C=O) groups is 1. The average Bonchev–Trinajstić information content (AvgIpc) is 2.31. The lowest BCUT2D eigenvalue weighted by atomic mass is 10.1. The van der Waals surface area contributed by atoms with Gasteiger partial charge in [-0.1, -0.05) is 28.9 Å². The summed E-state index contributed by atoms with van der Waals surface area (Å²) >= 11 is 3.41. The van der Waals surface area contributed by atoms with E-state index in [2.05, 4.69) is 21.2 Å². The van der Waals surface area contributed by atoms with Gasteiger partial charge in [0.25, 0.3) is 5.91 Å². The first kappa shape index (κ1) is 14.2. The molecule has 0 fully saturated rings. The number of rotatable bonds is 5. The average molecular weight is 300 g/mol. The standard InChI is InChI=1S/C13H18BrNO2/c1-3-10(7-8-16)15-13(17)11-5-4-6-12(14)9(11)2/h4-6,10,16H,3,7-8H2,1-2H3,(H,15,17). The number of hydrogen-bond donors (Lipinski definition) is 2. The summed E-state index contributed by atoms with van der Waals surface area (Å²) in [6.45, 7) is 4.00. The van der Waals surface area contributed by atoms with E-state index in [4.69, 9.17) is 5.11 Å². The molecular formula is C13H18BrNO2. The van der Waals surface area contributed by atoms with Gasteiger partial charge in [-0.3, -0.25) is 4.79 Å². The van der Waals surface area contributed by atoms with Crippen LogP contribution in [0.25, 0.3) is 0 Å². The Balaban J connectivity index is 2.79. The molecule has 0 aliphatic carbocycles. The zero-order valence-electron chi connectivity index (χ0n) is 10.2. The van der Waals surface area contributed by atoms with Gasteiger partial charge in [0.05, 0.1) is 0 Å². The minimum Gasteiger partial charge on any atom is -0.396 e. The SMILES string of the molecule is CCC(CCO)NC(=O)c1cccc(Br)c1C. The number of carbonyl (C=O) groups excluding carboxylic acids is 1. The zero-order valence-corrected chi connectivity index (χ0v) is 11.8. The molecule has 1 unspecified atom stereocenters. The molecule has 1 aromatic rings. The second kappa shape index (κ2) is 6.77. The van der Waals surface area contributed by atoms with Crippen LogP contribution >= 0.6 is 15.9 Å². The van der Waals surface area contributed by atoms with Gasteiger partial charge in [0.15, 0.2) is 0 Å². The summed E-state index contributed by atoms with van der Waals surface area (Å²) in [6.07, 6.45) is 1.41. The van der Waals surface area contributed by atoms with E-state index in [9.17, 15) is 4.79 Å². The second-order valence-electron chi connectivity index (χ2n) is 4.00. The molecule has 94 valence electrons. The quantitative estimate of drug-likeness (QED) is 0.878. The van der Waals surface area contributed by atoms with Crippen LogP contribution in [0, 0.1) is 6.92 Å². The Bertz CT molecular complexity index is 393. The number of amides is 1. The highest BCUT2D eigenvalue weighted by atomic mass is 79.9. The Morgan fingerprint density at radius 3 is 2.82 bits per heavy atom. The van der Waals surface area contributed by atoms with Gasteiger partial charge in [-0.15, -0.1) is 0 Å². The van der Waals surface area contributed by atoms with Crippen LogP contribution in [0.3, 0.4) is 0 Å². The molecule has 0 heterocycles. The van der Waals surface area contributed by atoms with Crippen LogP contribution < -0.4 is 5.32 Å². The maximum Gasteiger partial charge on any atom is 0.251 e. The Kier molecular flexibility index (Phi) is 5.65. The maximum absolute atomic E-state index is 12.0. The Morgan fingerprint density at radius 2 is 2.24 bits per heavy atom.